The van der Waals surface area contributed by atoms with Crippen LogP contribution in [0.25, 0.3) is 0 Å². The molecule has 1 aromatic rings. The monoisotopic (exact) mass is 318 g/mol. The zero-order valence-electron chi connectivity index (χ0n) is 14.4. The van der Waals surface area contributed by atoms with Crippen molar-refractivity contribution in [2.75, 3.05) is 20.1 Å². The fourth-order valence-electron chi connectivity index (χ4n) is 3.25. The normalized spacial score (nSPS) is 25.5. The molecule has 0 radical (unpaired) electrons. The van der Waals surface area contributed by atoms with Gasteiger partial charge in [0.2, 0.25) is 5.91 Å². The van der Waals surface area contributed by atoms with Crippen LogP contribution in [-0.2, 0) is 23.3 Å². The lowest BCUT2D eigenvalue weighted by molar-refractivity contribution is -0.142. The number of carbonyl (C=O) groups is 1. The highest BCUT2D eigenvalue weighted by molar-refractivity contribution is 5.80. The van der Waals surface area contributed by atoms with Crippen molar-refractivity contribution in [3.63, 3.8) is 0 Å². The number of aliphatic hydroxyl groups excluding tert-OH is 1. The molecule has 0 unspecified atom stereocenters. The van der Waals surface area contributed by atoms with E-state index in [0.29, 0.717) is 26.1 Å². The number of nitrogens with zero attached hydrogens (tertiary/aromatic N) is 4. The lowest BCUT2D eigenvalue weighted by Crippen LogP contribution is -2.48. The average molecular weight is 318 g/mol. The summed E-state index contributed by atoms with van der Waals surface area (Å²) in [6, 6.07) is 0. The molecule has 126 valence electrons. The van der Waals surface area contributed by atoms with Crippen LogP contribution in [0.3, 0.4) is 0 Å². The van der Waals surface area contributed by atoms with Crippen LogP contribution >= 0.6 is 0 Å². The predicted molar refractivity (Wildman–Crippen MR) is 86.6 cm³/mol. The van der Waals surface area contributed by atoms with Crippen molar-refractivity contribution in [1.82, 2.24) is 19.8 Å². The summed E-state index contributed by atoms with van der Waals surface area (Å²) in [7, 11) is 1.99. The maximum Gasteiger partial charge on any atom is 0.230 e. The molecule has 1 fully saturated rings. The molecule has 0 aliphatic carbocycles. The van der Waals surface area contributed by atoms with Gasteiger partial charge in [0.05, 0.1) is 24.3 Å². The van der Waals surface area contributed by atoms with Crippen LogP contribution in [0.15, 0.2) is 6.20 Å². The molecular formula is C17H26N4O2. The molecule has 6 heteroatoms. The number of hydrogen-bond acceptors (Lipinski definition) is 5. The second-order valence-corrected chi connectivity index (χ2v) is 7.83. The minimum Gasteiger partial charge on any atom is -0.392 e. The average Bonchev–Trinajstić information content (AvgIpc) is 2.91. The van der Waals surface area contributed by atoms with E-state index in [0.717, 1.165) is 23.6 Å². The molecule has 0 spiro atoms. The van der Waals surface area contributed by atoms with Gasteiger partial charge in [-0.15, -0.1) is 0 Å². The smallest absolute Gasteiger partial charge is 0.230 e. The van der Waals surface area contributed by atoms with Gasteiger partial charge >= 0.3 is 0 Å². The summed E-state index contributed by atoms with van der Waals surface area (Å²) in [6.45, 7) is 8.78. The summed E-state index contributed by atoms with van der Waals surface area (Å²) in [5, 5.41) is 10.2. The molecule has 0 aromatic carbocycles. The third kappa shape index (κ3) is 3.23. The number of carbonyl (C=O) groups excluding carboxylic acids is 1. The zero-order valence-corrected chi connectivity index (χ0v) is 14.4. The van der Waals surface area contributed by atoms with Crippen LogP contribution in [0, 0.1) is 5.92 Å². The van der Waals surface area contributed by atoms with Crippen molar-refractivity contribution >= 4 is 5.91 Å². The molecule has 0 bridgehead atoms. The van der Waals surface area contributed by atoms with E-state index in [-0.39, 0.29) is 17.2 Å². The molecule has 3 heterocycles. The first-order valence-corrected chi connectivity index (χ1v) is 8.26. The van der Waals surface area contributed by atoms with Gasteiger partial charge in [0, 0.05) is 36.8 Å². The summed E-state index contributed by atoms with van der Waals surface area (Å²) in [6.07, 6.45) is 1.96. The van der Waals surface area contributed by atoms with Crippen molar-refractivity contribution in [3.8, 4) is 0 Å². The number of likely N-dealkylation sites (tertiary alicyclic amines) is 1. The first kappa shape index (κ1) is 16.3. The SMILES string of the molecule is CN1CC[C@H](O)[C@H](C(=O)N2Cc3cnc(C(C)(C)C)nc3C2)C1. The summed E-state index contributed by atoms with van der Waals surface area (Å²) in [4.78, 5) is 25.8. The number of aliphatic hydroxyl groups is 1. The van der Waals surface area contributed by atoms with E-state index in [4.69, 9.17) is 0 Å². The van der Waals surface area contributed by atoms with E-state index in [9.17, 15) is 9.90 Å². The summed E-state index contributed by atoms with van der Waals surface area (Å²) in [5.41, 5.74) is 1.86. The topological polar surface area (TPSA) is 69.6 Å². The van der Waals surface area contributed by atoms with Gasteiger partial charge in [-0.05, 0) is 13.5 Å². The van der Waals surface area contributed by atoms with Crippen molar-refractivity contribution in [1.29, 1.82) is 0 Å². The third-order valence-corrected chi connectivity index (χ3v) is 4.74. The maximum atomic E-state index is 12.8. The maximum absolute atomic E-state index is 12.8. The van der Waals surface area contributed by atoms with Crippen molar-refractivity contribution < 1.29 is 9.90 Å². The fourth-order valence-corrected chi connectivity index (χ4v) is 3.25. The van der Waals surface area contributed by atoms with E-state index < -0.39 is 6.10 Å². The summed E-state index contributed by atoms with van der Waals surface area (Å²) in [5.74, 6) is 0.500. The molecule has 1 aromatic heterocycles. The largest absolute Gasteiger partial charge is 0.392 e. The Balaban J connectivity index is 1.75. The lowest BCUT2D eigenvalue weighted by Gasteiger charge is -2.34. The van der Waals surface area contributed by atoms with E-state index >= 15 is 0 Å². The van der Waals surface area contributed by atoms with Gasteiger partial charge in [-0.25, -0.2) is 9.97 Å². The second kappa shape index (κ2) is 5.83. The molecule has 0 saturated carbocycles. The Bertz CT molecular complexity index is 611. The Labute approximate surface area is 137 Å². The standard InChI is InChI=1S/C17H26N4O2/c1-17(2,3)16-18-7-11-8-21(10-13(11)19-16)15(23)12-9-20(4)6-5-14(12)22/h7,12,14,22H,5-6,8-10H2,1-4H3/t12-,14+/m1/s1. The Morgan fingerprint density at radius 1 is 1.35 bits per heavy atom. The van der Waals surface area contributed by atoms with Gasteiger partial charge in [0.15, 0.2) is 0 Å². The van der Waals surface area contributed by atoms with E-state index in [1.54, 1.807) is 4.90 Å². The van der Waals surface area contributed by atoms with Gasteiger partial charge in [-0.1, -0.05) is 20.8 Å². The van der Waals surface area contributed by atoms with Crippen LogP contribution < -0.4 is 0 Å². The molecule has 23 heavy (non-hydrogen) atoms. The number of piperidine rings is 1. The molecule has 3 rings (SSSR count). The second-order valence-electron chi connectivity index (χ2n) is 7.83. The molecule has 2 atom stereocenters. The number of hydrogen-bond donors (Lipinski definition) is 1. The lowest BCUT2D eigenvalue weighted by atomic mass is 9.93. The Hall–Kier alpha value is -1.53. The molecule has 2 aliphatic rings. The minimum atomic E-state index is -0.543. The van der Waals surface area contributed by atoms with Gasteiger partial charge in [0.1, 0.15) is 5.82 Å². The molecular weight excluding hydrogens is 292 g/mol. The van der Waals surface area contributed by atoms with Crippen LogP contribution in [0.5, 0.6) is 0 Å². The number of aromatic nitrogens is 2. The van der Waals surface area contributed by atoms with E-state index in [1.807, 2.05) is 13.2 Å². The first-order valence-electron chi connectivity index (χ1n) is 8.26. The van der Waals surface area contributed by atoms with Crippen LogP contribution in [0.4, 0.5) is 0 Å². The van der Waals surface area contributed by atoms with E-state index in [2.05, 4.69) is 35.6 Å². The molecule has 2 aliphatic heterocycles. The van der Waals surface area contributed by atoms with Crippen molar-refractivity contribution in [3.05, 3.63) is 23.3 Å². The third-order valence-electron chi connectivity index (χ3n) is 4.74. The van der Waals surface area contributed by atoms with Gasteiger partial charge in [-0.2, -0.15) is 0 Å². The Morgan fingerprint density at radius 3 is 2.78 bits per heavy atom. The quantitative estimate of drug-likeness (QED) is 0.834. The summed E-state index contributed by atoms with van der Waals surface area (Å²) < 4.78 is 0. The van der Waals surface area contributed by atoms with Crippen LogP contribution in [-0.4, -0.2) is 57.0 Å². The van der Waals surface area contributed by atoms with Gasteiger partial charge in [0.25, 0.3) is 0 Å². The summed E-state index contributed by atoms with van der Waals surface area (Å²) >= 11 is 0. The molecule has 1 N–H and O–H groups in total. The first-order chi connectivity index (χ1) is 10.8. The Morgan fingerprint density at radius 2 is 2.09 bits per heavy atom. The minimum absolute atomic E-state index is 0.0272. The molecule has 1 amide bonds. The van der Waals surface area contributed by atoms with E-state index in [1.165, 1.54) is 0 Å². The number of amides is 1. The highest BCUT2D eigenvalue weighted by Crippen LogP contribution is 2.27. The van der Waals surface area contributed by atoms with Gasteiger partial charge in [-0.3, -0.25) is 4.79 Å². The highest BCUT2D eigenvalue weighted by Gasteiger charge is 2.37. The van der Waals surface area contributed by atoms with Gasteiger partial charge < -0.3 is 14.9 Å². The van der Waals surface area contributed by atoms with Crippen molar-refractivity contribution in [2.45, 2.75) is 51.8 Å². The highest BCUT2D eigenvalue weighted by atomic mass is 16.3. The van der Waals surface area contributed by atoms with Crippen molar-refractivity contribution in [2.24, 2.45) is 5.92 Å². The Kier molecular flexibility index (Phi) is 4.14. The molecule has 1 saturated heterocycles. The predicted octanol–water partition coefficient (Wildman–Crippen LogP) is 0.929. The fraction of sp³-hybridized carbons (Fsp3) is 0.706. The van der Waals surface area contributed by atoms with Crippen LogP contribution in [0.1, 0.15) is 44.3 Å². The number of rotatable bonds is 1. The number of fused-ring (bicyclic) bond motifs is 1. The molecule has 6 nitrogen and oxygen atoms in total. The zero-order chi connectivity index (χ0) is 16.8. The van der Waals surface area contributed by atoms with Crippen LogP contribution in [0.2, 0.25) is 0 Å².